The molecule has 1 heterocycles. The Labute approximate surface area is 99.7 Å². The van der Waals surface area contributed by atoms with Gasteiger partial charge in [-0.05, 0) is 30.5 Å². The molecule has 2 atom stereocenters. The van der Waals surface area contributed by atoms with Crippen LogP contribution < -0.4 is 5.32 Å². The molecule has 1 fully saturated rings. The molecule has 1 aliphatic heterocycles. The summed E-state index contributed by atoms with van der Waals surface area (Å²) in [7, 11) is 0. The highest BCUT2D eigenvalue weighted by Crippen LogP contribution is 2.27. The molecule has 4 nitrogen and oxygen atoms in total. The van der Waals surface area contributed by atoms with E-state index in [4.69, 9.17) is 10.2 Å². The second kappa shape index (κ2) is 5.18. The fraction of sp³-hybridized carbons (Fsp3) is 0.364. The minimum Gasteiger partial charge on any atom is -0.508 e. The fourth-order valence-electron chi connectivity index (χ4n) is 1.91. The highest BCUT2D eigenvalue weighted by molar-refractivity contribution is 5.85. The average Bonchev–Trinajstić information content (AvgIpc) is 2.68. The number of hydrogen-bond donors (Lipinski definition) is 3. The fourth-order valence-corrected chi connectivity index (χ4v) is 1.91. The number of halogens is 1. The van der Waals surface area contributed by atoms with E-state index in [2.05, 4.69) is 5.32 Å². The lowest BCUT2D eigenvalue weighted by molar-refractivity contribution is -0.139. The van der Waals surface area contributed by atoms with Crippen molar-refractivity contribution >= 4 is 18.4 Å². The third-order valence-corrected chi connectivity index (χ3v) is 2.74. The zero-order valence-electron chi connectivity index (χ0n) is 8.59. The van der Waals surface area contributed by atoms with Crippen LogP contribution in [0.4, 0.5) is 0 Å². The van der Waals surface area contributed by atoms with Gasteiger partial charge in [0.05, 0.1) is 0 Å². The lowest BCUT2D eigenvalue weighted by Crippen LogP contribution is -2.31. The molecule has 0 saturated carbocycles. The molecule has 1 aromatic carbocycles. The molecule has 0 spiro atoms. The van der Waals surface area contributed by atoms with E-state index >= 15 is 0 Å². The van der Waals surface area contributed by atoms with Crippen LogP contribution in [-0.4, -0.2) is 22.2 Å². The van der Waals surface area contributed by atoms with Gasteiger partial charge in [-0.25, -0.2) is 0 Å². The van der Waals surface area contributed by atoms with Crippen LogP contribution in [0, 0.1) is 0 Å². The molecule has 0 aliphatic carbocycles. The Kier molecular flexibility index (Phi) is 4.15. The summed E-state index contributed by atoms with van der Waals surface area (Å²) in [4.78, 5) is 10.7. The third kappa shape index (κ3) is 2.65. The minimum atomic E-state index is -0.795. The van der Waals surface area contributed by atoms with Crippen LogP contribution >= 0.6 is 12.4 Å². The normalized spacial score (nSPS) is 23.8. The molecule has 0 amide bonds. The molecular weight excluding hydrogens is 230 g/mol. The number of phenols is 1. The van der Waals surface area contributed by atoms with Crippen molar-refractivity contribution < 1.29 is 15.0 Å². The predicted molar refractivity (Wildman–Crippen MR) is 61.9 cm³/mol. The van der Waals surface area contributed by atoms with E-state index in [-0.39, 0.29) is 24.2 Å². The Hall–Kier alpha value is -1.26. The number of nitrogens with one attached hydrogen (secondary N) is 1. The number of carboxylic acid groups (broad SMARTS) is 1. The zero-order valence-corrected chi connectivity index (χ0v) is 9.41. The minimum absolute atomic E-state index is 0. The monoisotopic (exact) mass is 243 g/mol. The van der Waals surface area contributed by atoms with E-state index in [0.29, 0.717) is 6.42 Å². The Bertz CT molecular complexity index is 366. The molecule has 16 heavy (non-hydrogen) atoms. The summed E-state index contributed by atoms with van der Waals surface area (Å²) in [5.41, 5.74) is 1.02. The largest absolute Gasteiger partial charge is 0.508 e. The zero-order chi connectivity index (χ0) is 10.8. The first-order valence-electron chi connectivity index (χ1n) is 4.94. The maximum atomic E-state index is 10.7. The Morgan fingerprint density at radius 1 is 1.25 bits per heavy atom. The molecule has 0 radical (unpaired) electrons. The van der Waals surface area contributed by atoms with Crippen LogP contribution in [-0.2, 0) is 4.79 Å². The van der Waals surface area contributed by atoms with Gasteiger partial charge in [0.15, 0.2) is 0 Å². The van der Waals surface area contributed by atoms with E-state index in [9.17, 15) is 4.79 Å². The van der Waals surface area contributed by atoms with Gasteiger partial charge in [-0.15, -0.1) is 12.4 Å². The van der Waals surface area contributed by atoms with Crippen molar-refractivity contribution in [3.8, 4) is 5.75 Å². The van der Waals surface area contributed by atoms with E-state index in [1.54, 1.807) is 12.1 Å². The van der Waals surface area contributed by atoms with Crippen molar-refractivity contribution in [2.75, 3.05) is 0 Å². The van der Waals surface area contributed by atoms with Crippen LogP contribution in [0.2, 0.25) is 0 Å². The topological polar surface area (TPSA) is 69.6 Å². The van der Waals surface area contributed by atoms with E-state index < -0.39 is 12.0 Å². The van der Waals surface area contributed by atoms with Crippen LogP contribution in [0.5, 0.6) is 5.75 Å². The highest BCUT2D eigenvalue weighted by atomic mass is 35.5. The summed E-state index contributed by atoms with van der Waals surface area (Å²) in [6.07, 6.45) is 1.47. The number of hydrogen-bond acceptors (Lipinski definition) is 3. The van der Waals surface area contributed by atoms with Gasteiger partial charge in [0.25, 0.3) is 0 Å². The lowest BCUT2D eigenvalue weighted by atomic mass is 10.1. The summed E-state index contributed by atoms with van der Waals surface area (Å²) in [5, 5.41) is 21.0. The van der Waals surface area contributed by atoms with E-state index in [1.165, 1.54) is 0 Å². The van der Waals surface area contributed by atoms with Crippen molar-refractivity contribution in [2.24, 2.45) is 0 Å². The lowest BCUT2D eigenvalue weighted by Gasteiger charge is -2.11. The van der Waals surface area contributed by atoms with Gasteiger partial charge in [0, 0.05) is 6.04 Å². The first-order chi connectivity index (χ1) is 7.16. The van der Waals surface area contributed by atoms with Crippen LogP contribution in [0.1, 0.15) is 24.4 Å². The molecule has 1 saturated heterocycles. The standard InChI is InChI=1S/C11H13NO3.ClH/c13-8-3-1-7(2-4-8)9-5-6-10(12-9)11(14)15;/h1-4,9-10,12-13H,5-6H2,(H,14,15);1H. The number of aromatic hydroxyl groups is 1. The van der Waals surface area contributed by atoms with Crippen LogP contribution in [0.3, 0.4) is 0 Å². The van der Waals surface area contributed by atoms with Crippen LogP contribution in [0.15, 0.2) is 24.3 Å². The maximum absolute atomic E-state index is 10.7. The average molecular weight is 244 g/mol. The van der Waals surface area contributed by atoms with Gasteiger partial charge in [0.1, 0.15) is 11.8 Å². The van der Waals surface area contributed by atoms with Crippen molar-refractivity contribution in [2.45, 2.75) is 24.9 Å². The molecule has 0 bridgehead atoms. The summed E-state index contributed by atoms with van der Waals surface area (Å²) in [6.45, 7) is 0. The molecule has 3 N–H and O–H groups in total. The van der Waals surface area contributed by atoms with Gasteiger partial charge in [0.2, 0.25) is 0 Å². The van der Waals surface area contributed by atoms with Gasteiger partial charge >= 0.3 is 5.97 Å². The van der Waals surface area contributed by atoms with Gasteiger partial charge in [-0.2, -0.15) is 0 Å². The van der Waals surface area contributed by atoms with E-state index in [1.807, 2.05) is 12.1 Å². The van der Waals surface area contributed by atoms with Crippen molar-refractivity contribution in [3.63, 3.8) is 0 Å². The van der Waals surface area contributed by atoms with Crippen molar-refractivity contribution in [3.05, 3.63) is 29.8 Å². The summed E-state index contributed by atoms with van der Waals surface area (Å²) >= 11 is 0. The van der Waals surface area contributed by atoms with Crippen LogP contribution in [0.25, 0.3) is 0 Å². The highest BCUT2D eigenvalue weighted by Gasteiger charge is 2.29. The summed E-state index contributed by atoms with van der Waals surface area (Å²) in [6, 6.07) is 6.51. The molecule has 0 aromatic heterocycles. The number of carbonyl (C=O) groups is 1. The van der Waals surface area contributed by atoms with Gasteiger partial charge in [-0.3, -0.25) is 10.1 Å². The Morgan fingerprint density at radius 3 is 2.38 bits per heavy atom. The number of aliphatic carboxylic acids is 1. The van der Waals surface area contributed by atoms with Gasteiger partial charge in [-0.1, -0.05) is 12.1 Å². The quantitative estimate of drug-likeness (QED) is 0.739. The second-order valence-electron chi connectivity index (χ2n) is 3.78. The molecule has 2 unspecified atom stereocenters. The summed E-state index contributed by atoms with van der Waals surface area (Å²) in [5.74, 6) is -0.567. The third-order valence-electron chi connectivity index (χ3n) is 2.74. The molecular formula is C11H14ClNO3. The molecule has 2 rings (SSSR count). The second-order valence-corrected chi connectivity index (χ2v) is 3.78. The molecule has 88 valence electrons. The molecule has 1 aromatic rings. The first-order valence-corrected chi connectivity index (χ1v) is 4.94. The first kappa shape index (κ1) is 12.8. The number of benzene rings is 1. The Balaban J connectivity index is 0.00000128. The van der Waals surface area contributed by atoms with Crippen molar-refractivity contribution in [1.82, 2.24) is 5.32 Å². The molecule has 1 aliphatic rings. The maximum Gasteiger partial charge on any atom is 0.320 e. The number of carboxylic acids is 1. The number of rotatable bonds is 2. The smallest absolute Gasteiger partial charge is 0.320 e. The van der Waals surface area contributed by atoms with Crippen molar-refractivity contribution in [1.29, 1.82) is 0 Å². The predicted octanol–water partition coefficient (Wildman–Crippen LogP) is 1.69. The van der Waals surface area contributed by atoms with E-state index in [0.717, 1.165) is 12.0 Å². The Morgan fingerprint density at radius 2 is 1.88 bits per heavy atom. The number of phenolic OH excluding ortho intramolecular Hbond substituents is 1. The van der Waals surface area contributed by atoms with Gasteiger partial charge < -0.3 is 10.2 Å². The summed E-state index contributed by atoms with van der Waals surface area (Å²) < 4.78 is 0. The SMILES string of the molecule is Cl.O=C(O)C1CCC(c2ccc(O)cc2)N1. The molecule has 5 heteroatoms.